The molecule has 0 radical (unpaired) electrons. The van der Waals surface area contributed by atoms with Crippen molar-refractivity contribution >= 4 is 51.6 Å². The van der Waals surface area contributed by atoms with Gasteiger partial charge in [-0.05, 0) is 54.2 Å². The van der Waals surface area contributed by atoms with Crippen LogP contribution < -0.4 is 15.5 Å². The number of rotatable bonds is 8. The van der Waals surface area contributed by atoms with E-state index in [1.54, 1.807) is 12.7 Å². The van der Waals surface area contributed by atoms with Crippen LogP contribution in [-0.4, -0.2) is 52.9 Å². The lowest BCUT2D eigenvalue weighted by atomic mass is 10.2. The van der Waals surface area contributed by atoms with Crippen molar-refractivity contribution in [1.29, 1.82) is 0 Å². The van der Waals surface area contributed by atoms with E-state index in [0.717, 1.165) is 62.4 Å². The van der Waals surface area contributed by atoms with Gasteiger partial charge in [0.1, 0.15) is 12.7 Å². The smallest absolute Gasteiger partial charge is 0.191 e. The van der Waals surface area contributed by atoms with Crippen molar-refractivity contribution in [2.45, 2.75) is 38.8 Å². The van der Waals surface area contributed by atoms with Crippen molar-refractivity contribution in [3.05, 3.63) is 41.4 Å². The molecule has 0 spiro atoms. The van der Waals surface area contributed by atoms with Crippen molar-refractivity contribution in [3.63, 3.8) is 0 Å². The molecule has 28 heavy (non-hydrogen) atoms. The van der Waals surface area contributed by atoms with E-state index >= 15 is 0 Å². The molecule has 1 aromatic heterocycles. The van der Waals surface area contributed by atoms with Gasteiger partial charge in [0.05, 0.1) is 5.69 Å². The van der Waals surface area contributed by atoms with Gasteiger partial charge in [0, 0.05) is 43.2 Å². The van der Waals surface area contributed by atoms with Crippen molar-refractivity contribution in [2.75, 3.05) is 31.1 Å². The van der Waals surface area contributed by atoms with E-state index in [9.17, 15) is 0 Å². The Kier molecular flexibility index (Phi) is 10.0. The van der Waals surface area contributed by atoms with Gasteiger partial charge in [-0.3, -0.25) is 4.99 Å². The first kappa shape index (κ1) is 22.9. The molecular formula is C19H29BrIN7. The minimum absolute atomic E-state index is 0. The molecule has 3 rings (SSSR count). The third-order valence-corrected chi connectivity index (χ3v) is 5.30. The van der Waals surface area contributed by atoms with Crippen molar-refractivity contribution in [1.82, 2.24) is 25.4 Å². The number of halogens is 2. The summed E-state index contributed by atoms with van der Waals surface area (Å²) in [6.07, 6.45) is 6.74. The monoisotopic (exact) mass is 561 g/mol. The number of nitrogens with one attached hydrogen (secondary N) is 2. The summed E-state index contributed by atoms with van der Waals surface area (Å²) in [5.41, 5.74) is 1.26. The predicted molar refractivity (Wildman–Crippen MR) is 129 cm³/mol. The van der Waals surface area contributed by atoms with Gasteiger partial charge in [-0.1, -0.05) is 12.1 Å². The molecule has 0 amide bonds. The minimum Gasteiger partial charge on any atom is -0.368 e. The molecule has 1 aliphatic heterocycles. The summed E-state index contributed by atoms with van der Waals surface area (Å²) in [5.74, 6) is 0.917. The van der Waals surface area contributed by atoms with Gasteiger partial charge in [0.15, 0.2) is 5.96 Å². The number of benzene rings is 1. The van der Waals surface area contributed by atoms with Gasteiger partial charge in [-0.2, -0.15) is 0 Å². The third kappa shape index (κ3) is 6.91. The van der Waals surface area contributed by atoms with E-state index in [2.05, 4.69) is 72.8 Å². The Morgan fingerprint density at radius 1 is 1.25 bits per heavy atom. The predicted octanol–water partition coefficient (Wildman–Crippen LogP) is 3.27. The molecule has 1 fully saturated rings. The van der Waals surface area contributed by atoms with E-state index in [0.29, 0.717) is 6.04 Å². The van der Waals surface area contributed by atoms with Gasteiger partial charge in [-0.15, -0.1) is 34.2 Å². The molecule has 2 heterocycles. The number of hydrogen-bond acceptors (Lipinski definition) is 4. The van der Waals surface area contributed by atoms with Crippen LogP contribution >= 0.6 is 39.9 Å². The van der Waals surface area contributed by atoms with Gasteiger partial charge in [0.25, 0.3) is 0 Å². The maximum Gasteiger partial charge on any atom is 0.191 e. The number of hydrogen-bond donors (Lipinski definition) is 2. The zero-order chi connectivity index (χ0) is 18.9. The first-order valence-electron chi connectivity index (χ1n) is 9.63. The molecule has 7 nitrogen and oxygen atoms in total. The molecule has 9 heteroatoms. The fourth-order valence-corrected chi connectivity index (χ4v) is 3.79. The van der Waals surface area contributed by atoms with Crippen LogP contribution in [0.2, 0.25) is 0 Å². The van der Waals surface area contributed by atoms with Crippen molar-refractivity contribution in [2.24, 2.45) is 4.99 Å². The van der Waals surface area contributed by atoms with Crippen LogP contribution in [0.5, 0.6) is 0 Å². The number of aryl methyl sites for hydroxylation is 1. The molecule has 1 saturated heterocycles. The summed E-state index contributed by atoms with van der Waals surface area (Å²) in [4.78, 5) is 7.16. The molecule has 0 bridgehead atoms. The first-order chi connectivity index (χ1) is 13.3. The Hall–Kier alpha value is -1.36. The average Bonchev–Trinajstić information content (AvgIpc) is 3.34. The Morgan fingerprint density at radius 3 is 2.79 bits per heavy atom. The molecule has 2 aromatic rings. The maximum absolute atomic E-state index is 4.74. The van der Waals surface area contributed by atoms with Gasteiger partial charge >= 0.3 is 0 Å². The molecular weight excluding hydrogens is 533 g/mol. The summed E-state index contributed by atoms with van der Waals surface area (Å²) < 4.78 is 3.15. The maximum atomic E-state index is 4.74. The van der Waals surface area contributed by atoms with Crippen LogP contribution in [0.1, 0.15) is 26.2 Å². The highest BCUT2D eigenvalue weighted by Crippen LogP contribution is 2.28. The normalized spacial score (nSPS) is 16.7. The second-order valence-corrected chi connectivity index (χ2v) is 7.55. The molecule has 1 aromatic carbocycles. The molecule has 0 saturated carbocycles. The third-order valence-electron chi connectivity index (χ3n) is 4.63. The van der Waals surface area contributed by atoms with Crippen LogP contribution in [-0.2, 0) is 6.54 Å². The van der Waals surface area contributed by atoms with Crippen LogP contribution in [0, 0.1) is 0 Å². The lowest BCUT2D eigenvalue weighted by Gasteiger charge is -2.21. The number of aromatic nitrogens is 3. The molecule has 1 aliphatic rings. The average molecular weight is 562 g/mol. The van der Waals surface area contributed by atoms with E-state index in [4.69, 9.17) is 4.99 Å². The summed E-state index contributed by atoms with van der Waals surface area (Å²) in [7, 11) is 0. The summed E-state index contributed by atoms with van der Waals surface area (Å²) >= 11 is 3.66. The number of nitrogens with zero attached hydrogens (tertiary/aromatic N) is 5. The summed E-state index contributed by atoms with van der Waals surface area (Å²) in [6.45, 7) is 6.77. The van der Waals surface area contributed by atoms with E-state index in [-0.39, 0.29) is 24.0 Å². The topological polar surface area (TPSA) is 70.4 Å². The number of unbranched alkanes of at least 4 members (excludes halogenated alkanes) is 1. The second-order valence-electron chi connectivity index (χ2n) is 6.69. The lowest BCUT2D eigenvalue weighted by Crippen LogP contribution is -2.44. The molecule has 2 N–H and O–H groups in total. The fourth-order valence-electron chi connectivity index (χ4n) is 3.25. The Morgan fingerprint density at radius 2 is 2.04 bits per heavy atom. The van der Waals surface area contributed by atoms with Crippen molar-refractivity contribution in [3.8, 4) is 0 Å². The molecule has 154 valence electrons. The van der Waals surface area contributed by atoms with E-state index in [1.165, 1.54) is 5.69 Å². The van der Waals surface area contributed by atoms with Crippen molar-refractivity contribution < 1.29 is 0 Å². The number of para-hydroxylation sites is 1. The fraction of sp³-hybridized carbons (Fsp3) is 0.526. The van der Waals surface area contributed by atoms with Gasteiger partial charge < -0.3 is 20.1 Å². The molecule has 1 unspecified atom stereocenters. The van der Waals surface area contributed by atoms with Crippen LogP contribution in [0.15, 0.2) is 46.4 Å². The Labute approximate surface area is 192 Å². The number of aliphatic imine (C=N–C) groups is 1. The number of guanidine groups is 1. The zero-order valence-electron chi connectivity index (χ0n) is 16.2. The van der Waals surface area contributed by atoms with E-state index in [1.807, 2.05) is 4.57 Å². The standard InChI is InChI=1S/C19H28BrN7.HI/c1-2-21-19(22-10-5-6-11-26-14-23-24-15-26)25-16-9-12-27(13-16)18-8-4-3-7-17(18)20;/h3-4,7-8,14-16H,2,5-6,9-13H2,1H3,(H2,21,22,25);1H. The number of anilines is 1. The van der Waals surface area contributed by atoms with Gasteiger partial charge in [0.2, 0.25) is 0 Å². The molecule has 0 aliphatic carbocycles. The highest BCUT2D eigenvalue weighted by Gasteiger charge is 2.24. The Bertz CT molecular complexity index is 723. The Balaban J connectivity index is 0.00000280. The SMILES string of the molecule is CCNC(=NCCCCn1cnnc1)NC1CCN(c2ccccc2Br)C1.I. The largest absolute Gasteiger partial charge is 0.368 e. The summed E-state index contributed by atoms with van der Waals surface area (Å²) in [6, 6.07) is 8.82. The lowest BCUT2D eigenvalue weighted by molar-refractivity contribution is 0.607. The van der Waals surface area contributed by atoms with Gasteiger partial charge in [-0.25, -0.2) is 0 Å². The second kappa shape index (κ2) is 12.3. The highest BCUT2D eigenvalue weighted by molar-refractivity contribution is 14.0. The van der Waals surface area contributed by atoms with Crippen LogP contribution in [0.4, 0.5) is 5.69 Å². The zero-order valence-corrected chi connectivity index (χ0v) is 20.1. The minimum atomic E-state index is 0. The molecule has 1 atom stereocenters. The summed E-state index contributed by atoms with van der Waals surface area (Å²) in [5, 5.41) is 14.6. The first-order valence-corrected chi connectivity index (χ1v) is 10.4. The van der Waals surface area contributed by atoms with Crippen LogP contribution in [0.3, 0.4) is 0 Å². The quantitative estimate of drug-likeness (QED) is 0.224. The highest BCUT2D eigenvalue weighted by atomic mass is 127. The van der Waals surface area contributed by atoms with E-state index < -0.39 is 0 Å². The van der Waals surface area contributed by atoms with Crippen LogP contribution in [0.25, 0.3) is 0 Å².